The highest BCUT2D eigenvalue weighted by Gasteiger charge is 2.26. The van der Waals surface area contributed by atoms with Crippen LogP contribution < -0.4 is 9.47 Å². The first kappa shape index (κ1) is 22.2. The number of ether oxygens (including phenoxy) is 2. The van der Waals surface area contributed by atoms with E-state index in [2.05, 4.69) is 39.0 Å². The molecule has 0 aromatic heterocycles. The molecule has 2 aromatic rings. The van der Waals surface area contributed by atoms with Crippen molar-refractivity contribution in [3.63, 3.8) is 0 Å². The Labute approximate surface area is 179 Å². The zero-order valence-corrected chi connectivity index (χ0v) is 18.7. The lowest BCUT2D eigenvalue weighted by atomic mass is 9.90. The molecule has 0 saturated carbocycles. The topological polar surface area (TPSA) is 59.0 Å². The summed E-state index contributed by atoms with van der Waals surface area (Å²) in [4.78, 5) is 15.3. The van der Waals surface area contributed by atoms with E-state index in [4.69, 9.17) is 9.47 Å². The highest BCUT2D eigenvalue weighted by molar-refractivity contribution is 5.97. The van der Waals surface area contributed by atoms with Crippen LogP contribution in [-0.4, -0.2) is 43.3 Å². The number of nitrogens with zero attached hydrogens (tertiary/aromatic N) is 1. The zero-order valence-electron chi connectivity index (χ0n) is 18.7. The van der Waals surface area contributed by atoms with Crippen LogP contribution in [0.2, 0.25) is 0 Å². The molecule has 5 nitrogen and oxygen atoms in total. The predicted octanol–water partition coefficient (Wildman–Crippen LogP) is 4.51. The first-order valence-electron chi connectivity index (χ1n) is 10.7. The quantitative estimate of drug-likeness (QED) is 0.728. The first-order chi connectivity index (χ1) is 14.4. The third kappa shape index (κ3) is 4.31. The minimum absolute atomic E-state index is 0.0262. The molecule has 1 aliphatic rings. The number of rotatable bonds is 7. The molecule has 30 heavy (non-hydrogen) atoms. The number of benzene rings is 2. The van der Waals surface area contributed by atoms with Gasteiger partial charge in [-0.3, -0.25) is 4.79 Å². The molecule has 0 saturated heterocycles. The molecule has 0 bridgehead atoms. The Balaban J connectivity index is 1.92. The molecular formula is C25H33NO4. The van der Waals surface area contributed by atoms with E-state index in [1.807, 2.05) is 17.0 Å². The van der Waals surface area contributed by atoms with Crippen molar-refractivity contribution in [1.29, 1.82) is 0 Å². The molecule has 0 radical (unpaired) electrons. The Morgan fingerprint density at radius 3 is 2.43 bits per heavy atom. The molecule has 1 heterocycles. The normalized spacial score (nSPS) is 14.4. The molecule has 1 amide bonds. The van der Waals surface area contributed by atoms with E-state index < -0.39 is 0 Å². The van der Waals surface area contributed by atoms with Crippen molar-refractivity contribution in [2.24, 2.45) is 0 Å². The fraction of sp³-hybridized carbons (Fsp3) is 0.480. The first-order valence-corrected chi connectivity index (χ1v) is 10.7. The lowest BCUT2D eigenvalue weighted by Crippen LogP contribution is -2.36. The van der Waals surface area contributed by atoms with Crippen LogP contribution in [0, 0.1) is 0 Å². The molecule has 0 fully saturated rings. The van der Waals surface area contributed by atoms with E-state index in [-0.39, 0.29) is 24.3 Å². The maximum atomic E-state index is 13.5. The molecule has 162 valence electrons. The van der Waals surface area contributed by atoms with Gasteiger partial charge in [-0.2, -0.15) is 0 Å². The highest BCUT2D eigenvalue weighted by atomic mass is 16.5. The molecule has 2 aromatic carbocycles. The van der Waals surface area contributed by atoms with Crippen LogP contribution in [0.5, 0.6) is 11.5 Å². The van der Waals surface area contributed by atoms with Gasteiger partial charge in [-0.05, 0) is 47.1 Å². The van der Waals surface area contributed by atoms with Gasteiger partial charge in [-0.25, -0.2) is 0 Å². The number of aliphatic hydroxyl groups is 1. The van der Waals surface area contributed by atoms with Gasteiger partial charge in [0.2, 0.25) is 0 Å². The van der Waals surface area contributed by atoms with Gasteiger partial charge in [0.1, 0.15) is 11.5 Å². The van der Waals surface area contributed by atoms with Crippen LogP contribution in [0.15, 0.2) is 30.3 Å². The van der Waals surface area contributed by atoms with Crippen molar-refractivity contribution >= 4 is 5.91 Å². The van der Waals surface area contributed by atoms with E-state index >= 15 is 0 Å². The second-order valence-corrected chi connectivity index (χ2v) is 8.24. The molecule has 0 spiro atoms. The SMILES string of the molecule is CCC(CO)c1ccc2c(c1)CN(C(=O)c1cc(C(C)C)c(OC)cc1OC)CC2. The minimum atomic E-state index is -0.0262. The summed E-state index contributed by atoms with van der Waals surface area (Å²) in [6, 6.07) is 10.1. The van der Waals surface area contributed by atoms with Gasteiger partial charge in [-0.1, -0.05) is 39.0 Å². The van der Waals surface area contributed by atoms with E-state index in [0.717, 1.165) is 35.3 Å². The van der Waals surface area contributed by atoms with Gasteiger partial charge in [0.05, 0.1) is 19.8 Å². The van der Waals surface area contributed by atoms with Crippen molar-refractivity contribution < 1.29 is 19.4 Å². The molecule has 3 rings (SSSR count). The van der Waals surface area contributed by atoms with Gasteiger partial charge in [0.25, 0.3) is 5.91 Å². The summed E-state index contributed by atoms with van der Waals surface area (Å²) in [7, 11) is 3.22. The smallest absolute Gasteiger partial charge is 0.257 e. The molecule has 1 unspecified atom stereocenters. The zero-order chi connectivity index (χ0) is 21.8. The summed E-state index contributed by atoms with van der Waals surface area (Å²) < 4.78 is 11.0. The maximum absolute atomic E-state index is 13.5. The average molecular weight is 412 g/mol. The van der Waals surface area contributed by atoms with E-state index in [0.29, 0.717) is 24.4 Å². The monoisotopic (exact) mass is 411 g/mol. The lowest BCUT2D eigenvalue weighted by molar-refractivity contribution is 0.0731. The molecule has 0 aliphatic carbocycles. The lowest BCUT2D eigenvalue weighted by Gasteiger charge is -2.30. The number of hydrogen-bond acceptors (Lipinski definition) is 4. The molecule has 1 aliphatic heterocycles. The Kier molecular flexibility index (Phi) is 7.03. The molecule has 1 N–H and O–H groups in total. The third-order valence-electron chi connectivity index (χ3n) is 6.12. The minimum Gasteiger partial charge on any atom is -0.496 e. The van der Waals surface area contributed by atoms with E-state index in [1.165, 1.54) is 5.56 Å². The average Bonchev–Trinajstić information content (AvgIpc) is 2.77. The van der Waals surface area contributed by atoms with E-state index in [1.54, 1.807) is 14.2 Å². The summed E-state index contributed by atoms with van der Waals surface area (Å²) in [6.45, 7) is 7.63. The number of carbonyl (C=O) groups is 1. The second-order valence-electron chi connectivity index (χ2n) is 8.24. The Bertz CT molecular complexity index is 902. The van der Waals surface area contributed by atoms with Crippen LogP contribution in [0.25, 0.3) is 0 Å². The summed E-state index contributed by atoms with van der Waals surface area (Å²) in [5.74, 6) is 1.61. The fourth-order valence-electron chi connectivity index (χ4n) is 4.19. The fourth-order valence-corrected chi connectivity index (χ4v) is 4.19. The van der Waals surface area contributed by atoms with E-state index in [9.17, 15) is 9.90 Å². The van der Waals surface area contributed by atoms with Crippen molar-refractivity contribution in [1.82, 2.24) is 4.90 Å². The second kappa shape index (κ2) is 9.52. The predicted molar refractivity (Wildman–Crippen MR) is 119 cm³/mol. The van der Waals surface area contributed by atoms with Crippen LogP contribution in [0.3, 0.4) is 0 Å². The molecule has 1 atom stereocenters. The summed E-state index contributed by atoms with van der Waals surface area (Å²) in [5, 5.41) is 9.65. The number of hydrogen-bond donors (Lipinski definition) is 1. The third-order valence-corrected chi connectivity index (χ3v) is 6.12. The van der Waals surface area contributed by atoms with Gasteiger partial charge in [0, 0.05) is 31.7 Å². The summed E-state index contributed by atoms with van der Waals surface area (Å²) >= 11 is 0. The highest BCUT2D eigenvalue weighted by Crippen LogP contribution is 2.35. The van der Waals surface area contributed by atoms with Gasteiger partial charge < -0.3 is 19.5 Å². The Morgan fingerprint density at radius 1 is 1.10 bits per heavy atom. The number of fused-ring (bicyclic) bond motifs is 1. The maximum Gasteiger partial charge on any atom is 0.257 e. The largest absolute Gasteiger partial charge is 0.496 e. The van der Waals surface area contributed by atoms with Crippen molar-refractivity contribution in [2.45, 2.75) is 52.0 Å². The summed E-state index contributed by atoms with van der Waals surface area (Å²) in [5.41, 5.74) is 5.14. The van der Waals surface area contributed by atoms with Gasteiger partial charge in [-0.15, -0.1) is 0 Å². The Hall–Kier alpha value is -2.53. The standard InChI is InChI=1S/C25H33NO4/c1-6-17(15-27)19-8-7-18-9-10-26(14-20(18)11-19)25(28)22-12-21(16(2)3)23(29-4)13-24(22)30-5/h7-8,11-13,16-17,27H,6,9-10,14-15H2,1-5H3. The van der Waals surface area contributed by atoms with Gasteiger partial charge >= 0.3 is 0 Å². The van der Waals surface area contributed by atoms with Crippen molar-refractivity contribution in [2.75, 3.05) is 27.4 Å². The van der Waals surface area contributed by atoms with Crippen LogP contribution in [-0.2, 0) is 13.0 Å². The number of amides is 1. The van der Waals surface area contributed by atoms with Gasteiger partial charge in [0.15, 0.2) is 0 Å². The number of methoxy groups -OCH3 is 2. The molecule has 5 heteroatoms. The Morgan fingerprint density at radius 2 is 1.83 bits per heavy atom. The van der Waals surface area contributed by atoms with Crippen LogP contribution in [0.4, 0.5) is 0 Å². The summed E-state index contributed by atoms with van der Waals surface area (Å²) in [6.07, 6.45) is 1.71. The van der Waals surface area contributed by atoms with Crippen molar-refractivity contribution in [3.05, 3.63) is 58.1 Å². The van der Waals surface area contributed by atoms with Crippen LogP contribution >= 0.6 is 0 Å². The number of carbonyl (C=O) groups excluding carboxylic acids is 1. The molecular weight excluding hydrogens is 378 g/mol. The van der Waals surface area contributed by atoms with Crippen LogP contribution in [0.1, 0.15) is 71.6 Å². The van der Waals surface area contributed by atoms with Crippen molar-refractivity contribution in [3.8, 4) is 11.5 Å². The number of aliphatic hydroxyl groups excluding tert-OH is 1.